The van der Waals surface area contributed by atoms with Crippen LogP contribution in [0.2, 0.25) is 5.02 Å². The molecule has 1 heterocycles. The molecule has 0 aromatic heterocycles. The molecular weight excluding hydrogens is 378 g/mol. The van der Waals surface area contributed by atoms with Gasteiger partial charge in [0.25, 0.3) is 5.91 Å². The molecule has 1 aliphatic heterocycles. The van der Waals surface area contributed by atoms with Gasteiger partial charge in [-0.15, -0.1) is 0 Å². The molecule has 2 amide bonds. The quantitative estimate of drug-likeness (QED) is 0.785. The Hall–Kier alpha value is -1.64. The molecule has 1 aliphatic rings. The van der Waals surface area contributed by atoms with Crippen LogP contribution in [0.5, 0.6) is 0 Å². The number of nitrogens with zero attached hydrogens (tertiary/aromatic N) is 1. The van der Waals surface area contributed by atoms with Gasteiger partial charge in [0.1, 0.15) is 0 Å². The molecule has 0 aliphatic carbocycles. The van der Waals surface area contributed by atoms with E-state index in [-0.39, 0.29) is 27.9 Å². The van der Waals surface area contributed by atoms with E-state index in [2.05, 4.69) is 10.6 Å². The number of carbonyl (C=O) groups excluding carboxylic acids is 2. The Labute approximate surface area is 159 Å². The molecule has 144 valence electrons. The van der Waals surface area contributed by atoms with Crippen molar-refractivity contribution in [1.29, 1.82) is 0 Å². The Kier molecular flexibility index (Phi) is 6.31. The van der Waals surface area contributed by atoms with E-state index in [4.69, 9.17) is 11.6 Å². The van der Waals surface area contributed by atoms with Crippen molar-refractivity contribution in [2.75, 3.05) is 19.6 Å². The zero-order chi connectivity index (χ0) is 19.5. The van der Waals surface area contributed by atoms with Gasteiger partial charge in [-0.2, -0.15) is 4.31 Å². The van der Waals surface area contributed by atoms with E-state index in [1.54, 1.807) is 0 Å². The monoisotopic (exact) mass is 401 g/mol. The average Bonchev–Trinajstić information content (AvgIpc) is 3.06. The van der Waals surface area contributed by atoms with E-state index >= 15 is 0 Å². The second-order valence-electron chi connectivity index (χ2n) is 7.23. The number of nitrogens with one attached hydrogen (secondary N) is 2. The minimum Gasteiger partial charge on any atom is -0.350 e. The smallest absolute Gasteiger partial charge is 0.253 e. The number of sulfonamides is 1. The Morgan fingerprint density at radius 3 is 2.38 bits per heavy atom. The SMILES string of the molecule is CC(C)(C)NC(=O)CNC(=O)c1cc(S(=O)(=O)N2CCCC2)ccc1Cl. The topological polar surface area (TPSA) is 95.6 Å². The lowest BCUT2D eigenvalue weighted by Gasteiger charge is -2.20. The summed E-state index contributed by atoms with van der Waals surface area (Å²) in [5, 5.41) is 5.31. The van der Waals surface area contributed by atoms with E-state index in [9.17, 15) is 18.0 Å². The lowest BCUT2D eigenvalue weighted by molar-refractivity contribution is -0.121. The third kappa shape index (κ3) is 5.18. The van der Waals surface area contributed by atoms with Gasteiger partial charge >= 0.3 is 0 Å². The lowest BCUT2D eigenvalue weighted by atomic mass is 10.1. The van der Waals surface area contributed by atoms with Crippen LogP contribution in [0.1, 0.15) is 44.0 Å². The summed E-state index contributed by atoms with van der Waals surface area (Å²) in [6, 6.07) is 4.03. The van der Waals surface area contributed by atoms with E-state index in [0.29, 0.717) is 13.1 Å². The van der Waals surface area contributed by atoms with Crippen LogP contribution in [0, 0.1) is 0 Å². The molecule has 2 N–H and O–H groups in total. The van der Waals surface area contributed by atoms with Crippen LogP contribution in [0.4, 0.5) is 0 Å². The Balaban J connectivity index is 2.14. The number of hydrogen-bond acceptors (Lipinski definition) is 4. The fraction of sp³-hybridized carbons (Fsp3) is 0.529. The molecule has 2 rings (SSSR count). The lowest BCUT2D eigenvalue weighted by Crippen LogP contribution is -2.45. The normalized spacial score (nSPS) is 15.7. The van der Waals surface area contributed by atoms with Crippen LogP contribution >= 0.6 is 11.6 Å². The third-order valence-electron chi connectivity index (χ3n) is 3.81. The molecule has 1 aromatic carbocycles. The molecule has 7 nitrogen and oxygen atoms in total. The third-order valence-corrected chi connectivity index (χ3v) is 6.03. The number of amides is 2. The van der Waals surface area contributed by atoms with Crippen LogP contribution in [0.3, 0.4) is 0 Å². The second kappa shape index (κ2) is 7.94. The maximum absolute atomic E-state index is 12.6. The first-order valence-electron chi connectivity index (χ1n) is 8.39. The summed E-state index contributed by atoms with van der Waals surface area (Å²) in [6.45, 7) is 6.21. The molecule has 9 heteroatoms. The van der Waals surface area contributed by atoms with Gasteiger partial charge in [-0.3, -0.25) is 9.59 Å². The summed E-state index contributed by atoms with van der Waals surface area (Å²) in [7, 11) is -3.65. The van der Waals surface area contributed by atoms with Crippen LogP contribution < -0.4 is 10.6 Å². The molecule has 0 radical (unpaired) electrons. The van der Waals surface area contributed by atoms with Gasteiger partial charge in [0.05, 0.1) is 22.0 Å². The van der Waals surface area contributed by atoms with Crippen molar-refractivity contribution in [3.8, 4) is 0 Å². The molecule has 0 atom stereocenters. The minimum absolute atomic E-state index is 0.0214. The molecule has 0 bridgehead atoms. The molecular formula is C17H24ClN3O4S. The predicted molar refractivity (Wildman–Crippen MR) is 99.7 cm³/mol. The predicted octanol–water partition coefficient (Wildman–Crippen LogP) is 1.77. The highest BCUT2D eigenvalue weighted by Crippen LogP contribution is 2.25. The Bertz CT molecular complexity index is 797. The summed E-state index contributed by atoms with van der Waals surface area (Å²) in [6.07, 6.45) is 1.64. The first-order chi connectivity index (χ1) is 12.0. The van der Waals surface area contributed by atoms with Crippen molar-refractivity contribution in [3.63, 3.8) is 0 Å². The van der Waals surface area contributed by atoms with E-state index in [1.807, 2.05) is 20.8 Å². The maximum atomic E-state index is 12.6. The van der Waals surface area contributed by atoms with Crippen LogP contribution in [0.25, 0.3) is 0 Å². The van der Waals surface area contributed by atoms with Crippen molar-refractivity contribution in [2.24, 2.45) is 0 Å². The molecule has 0 saturated carbocycles. The number of hydrogen-bond donors (Lipinski definition) is 2. The highest BCUT2D eigenvalue weighted by molar-refractivity contribution is 7.89. The van der Waals surface area contributed by atoms with Crippen molar-refractivity contribution < 1.29 is 18.0 Å². The zero-order valence-electron chi connectivity index (χ0n) is 15.1. The summed E-state index contributed by atoms with van der Waals surface area (Å²) in [4.78, 5) is 24.2. The molecule has 1 fully saturated rings. The average molecular weight is 402 g/mol. The van der Waals surface area contributed by atoms with Gasteiger partial charge in [0, 0.05) is 18.6 Å². The maximum Gasteiger partial charge on any atom is 0.253 e. The van der Waals surface area contributed by atoms with Gasteiger partial charge < -0.3 is 10.6 Å². The standard InChI is InChI=1S/C17H24ClN3O4S/c1-17(2,3)20-15(22)11-19-16(23)13-10-12(6-7-14(13)18)26(24,25)21-8-4-5-9-21/h6-7,10H,4-5,8-9,11H2,1-3H3,(H,19,23)(H,20,22). The summed E-state index contributed by atoms with van der Waals surface area (Å²) < 4.78 is 26.7. The van der Waals surface area contributed by atoms with Gasteiger partial charge in [0.2, 0.25) is 15.9 Å². The Morgan fingerprint density at radius 1 is 1.19 bits per heavy atom. The molecule has 1 aromatic rings. The van der Waals surface area contributed by atoms with E-state index in [0.717, 1.165) is 12.8 Å². The number of halogens is 1. The highest BCUT2D eigenvalue weighted by Gasteiger charge is 2.28. The van der Waals surface area contributed by atoms with Crippen molar-refractivity contribution in [2.45, 2.75) is 44.0 Å². The van der Waals surface area contributed by atoms with E-state index in [1.165, 1.54) is 22.5 Å². The van der Waals surface area contributed by atoms with Crippen molar-refractivity contribution in [3.05, 3.63) is 28.8 Å². The first kappa shape index (κ1) is 20.7. The van der Waals surface area contributed by atoms with Gasteiger partial charge in [-0.25, -0.2) is 8.42 Å². The minimum atomic E-state index is -3.65. The molecule has 1 saturated heterocycles. The molecule has 0 unspecified atom stereocenters. The first-order valence-corrected chi connectivity index (χ1v) is 10.2. The Morgan fingerprint density at radius 2 is 1.81 bits per heavy atom. The fourth-order valence-electron chi connectivity index (χ4n) is 2.63. The van der Waals surface area contributed by atoms with Crippen molar-refractivity contribution >= 4 is 33.4 Å². The second-order valence-corrected chi connectivity index (χ2v) is 9.58. The van der Waals surface area contributed by atoms with Gasteiger partial charge in [0.15, 0.2) is 0 Å². The summed E-state index contributed by atoms with van der Waals surface area (Å²) >= 11 is 6.05. The fourth-order valence-corrected chi connectivity index (χ4v) is 4.38. The molecule has 0 spiro atoms. The van der Waals surface area contributed by atoms with Crippen LogP contribution in [-0.4, -0.2) is 49.7 Å². The van der Waals surface area contributed by atoms with E-state index < -0.39 is 21.5 Å². The largest absolute Gasteiger partial charge is 0.350 e. The van der Waals surface area contributed by atoms with Gasteiger partial charge in [-0.1, -0.05) is 11.6 Å². The molecule has 26 heavy (non-hydrogen) atoms. The number of benzene rings is 1. The summed E-state index contributed by atoms with van der Waals surface area (Å²) in [5.74, 6) is -0.944. The number of rotatable bonds is 5. The van der Waals surface area contributed by atoms with Crippen LogP contribution in [-0.2, 0) is 14.8 Å². The van der Waals surface area contributed by atoms with Crippen LogP contribution in [0.15, 0.2) is 23.1 Å². The zero-order valence-corrected chi connectivity index (χ0v) is 16.7. The van der Waals surface area contributed by atoms with Gasteiger partial charge in [-0.05, 0) is 51.8 Å². The van der Waals surface area contributed by atoms with Crippen molar-refractivity contribution in [1.82, 2.24) is 14.9 Å². The summed E-state index contributed by atoms with van der Waals surface area (Å²) in [5.41, 5.74) is -0.390. The number of carbonyl (C=O) groups is 2. The highest BCUT2D eigenvalue weighted by atomic mass is 35.5.